The van der Waals surface area contributed by atoms with Crippen LogP contribution in [0.4, 0.5) is 14.9 Å². The Kier molecular flexibility index (Phi) is 3.31. The van der Waals surface area contributed by atoms with Gasteiger partial charge in [-0.05, 0) is 31.9 Å². The Morgan fingerprint density at radius 2 is 2.24 bits per heavy atom. The fourth-order valence-electron chi connectivity index (χ4n) is 3.12. The van der Waals surface area contributed by atoms with Gasteiger partial charge in [0.15, 0.2) is 0 Å². The molecule has 3 rings (SSSR count). The molecule has 21 heavy (non-hydrogen) atoms. The molecule has 2 aliphatic heterocycles. The molecule has 2 fully saturated rings. The predicted octanol–water partition coefficient (Wildman–Crippen LogP) is 2.45. The van der Waals surface area contributed by atoms with Crippen LogP contribution >= 0.6 is 0 Å². The highest BCUT2D eigenvalue weighted by Gasteiger charge is 2.54. The summed E-state index contributed by atoms with van der Waals surface area (Å²) in [5.74, 6) is -0.699. The van der Waals surface area contributed by atoms with Gasteiger partial charge in [0, 0.05) is 24.2 Å². The van der Waals surface area contributed by atoms with Crippen LogP contribution in [0.3, 0.4) is 0 Å². The van der Waals surface area contributed by atoms with E-state index >= 15 is 0 Å². The third kappa shape index (κ3) is 2.14. The number of ether oxygens (including phenoxy) is 1. The van der Waals surface area contributed by atoms with Crippen LogP contribution in [0.25, 0.3) is 0 Å². The second kappa shape index (κ2) is 5.02. The van der Waals surface area contributed by atoms with Crippen LogP contribution in [0.1, 0.15) is 24.8 Å². The number of nitrogens with one attached hydrogen (secondary N) is 1. The molecule has 6 heteroatoms. The molecule has 1 spiro atoms. The van der Waals surface area contributed by atoms with E-state index in [-0.39, 0.29) is 17.8 Å². The van der Waals surface area contributed by atoms with Crippen molar-refractivity contribution in [1.82, 2.24) is 4.90 Å². The van der Waals surface area contributed by atoms with Gasteiger partial charge in [-0.25, -0.2) is 14.0 Å². The van der Waals surface area contributed by atoms with Crippen molar-refractivity contribution >= 4 is 17.7 Å². The molecule has 1 aromatic rings. The summed E-state index contributed by atoms with van der Waals surface area (Å²) >= 11 is 0. The minimum absolute atomic E-state index is 0.328. The van der Waals surface area contributed by atoms with Crippen molar-refractivity contribution < 1.29 is 18.7 Å². The highest BCUT2D eigenvalue weighted by Crippen LogP contribution is 2.38. The number of benzene rings is 1. The third-order valence-electron chi connectivity index (χ3n) is 4.37. The van der Waals surface area contributed by atoms with E-state index < -0.39 is 5.54 Å². The zero-order valence-corrected chi connectivity index (χ0v) is 11.8. The molecule has 1 aromatic carbocycles. The molecule has 112 valence electrons. The SMILES string of the molecule is Cc1c(F)cccc1NC(=O)N1CCCC12CCOC2=O. The van der Waals surface area contributed by atoms with E-state index in [4.69, 9.17) is 4.74 Å². The summed E-state index contributed by atoms with van der Waals surface area (Å²) < 4.78 is 18.6. The van der Waals surface area contributed by atoms with Crippen molar-refractivity contribution in [3.63, 3.8) is 0 Å². The minimum atomic E-state index is -0.828. The standard InChI is InChI=1S/C15H17FN2O3/c1-10-11(16)4-2-5-12(10)17-14(20)18-8-3-6-15(18)7-9-21-13(15)19/h2,4-5H,3,6-9H2,1H3,(H,17,20). The van der Waals surface area contributed by atoms with Crippen LogP contribution in [0.15, 0.2) is 18.2 Å². The lowest BCUT2D eigenvalue weighted by molar-refractivity contribution is -0.145. The lowest BCUT2D eigenvalue weighted by Gasteiger charge is -2.31. The number of halogens is 1. The van der Waals surface area contributed by atoms with Crippen LogP contribution in [0.2, 0.25) is 0 Å². The van der Waals surface area contributed by atoms with Gasteiger partial charge in [0.1, 0.15) is 11.4 Å². The quantitative estimate of drug-likeness (QED) is 0.809. The van der Waals surface area contributed by atoms with Gasteiger partial charge >= 0.3 is 12.0 Å². The van der Waals surface area contributed by atoms with Gasteiger partial charge in [-0.15, -0.1) is 0 Å². The normalized spacial score (nSPS) is 24.5. The van der Waals surface area contributed by atoms with Crippen LogP contribution in [-0.2, 0) is 9.53 Å². The molecule has 0 aliphatic carbocycles. The highest BCUT2D eigenvalue weighted by atomic mass is 19.1. The van der Waals surface area contributed by atoms with Crippen molar-refractivity contribution in [2.24, 2.45) is 0 Å². The molecule has 0 saturated carbocycles. The highest BCUT2D eigenvalue weighted by molar-refractivity contribution is 5.96. The molecule has 0 radical (unpaired) electrons. The predicted molar refractivity (Wildman–Crippen MR) is 74.4 cm³/mol. The number of likely N-dealkylation sites (tertiary alicyclic amines) is 1. The third-order valence-corrected chi connectivity index (χ3v) is 4.37. The number of urea groups is 1. The van der Waals surface area contributed by atoms with Crippen LogP contribution in [0.5, 0.6) is 0 Å². The van der Waals surface area contributed by atoms with Crippen molar-refractivity contribution in [3.8, 4) is 0 Å². The van der Waals surface area contributed by atoms with Gasteiger partial charge in [0.2, 0.25) is 0 Å². The van der Waals surface area contributed by atoms with Crippen molar-refractivity contribution in [2.45, 2.75) is 31.7 Å². The summed E-state index contributed by atoms with van der Waals surface area (Å²) in [5, 5.41) is 2.70. The first kappa shape index (κ1) is 13.9. The average molecular weight is 292 g/mol. The molecule has 5 nitrogen and oxygen atoms in total. The Morgan fingerprint density at radius 3 is 2.95 bits per heavy atom. The van der Waals surface area contributed by atoms with E-state index in [2.05, 4.69) is 5.32 Å². The summed E-state index contributed by atoms with van der Waals surface area (Å²) in [6.45, 7) is 2.46. The molecular formula is C15H17FN2O3. The molecule has 2 saturated heterocycles. The smallest absolute Gasteiger partial charge is 0.332 e. The maximum Gasteiger partial charge on any atom is 0.332 e. The summed E-state index contributed by atoms with van der Waals surface area (Å²) in [5.41, 5.74) is -0.0211. The Morgan fingerprint density at radius 1 is 1.43 bits per heavy atom. The van der Waals surface area contributed by atoms with Crippen LogP contribution < -0.4 is 5.32 Å². The number of anilines is 1. The van der Waals surface area contributed by atoms with Crippen LogP contribution in [0, 0.1) is 12.7 Å². The summed E-state index contributed by atoms with van der Waals surface area (Å²) in [4.78, 5) is 26.0. The summed E-state index contributed by atoms with van der Waals surface area (Å²) in [6, 6.07) is 4.16. The summed E-state index contributed by atoms with van der Waals surface area (Å²) in [7, 11) is 0. The molecule has 0 bridgehead atoms. The molecular weight excluding hydrogens is 275 g/mol. The molecule has 0 aromatic heterocycles. The number of cyclic esters (lactones) is 1. The fraction of sp³-hybridized carbons (Fsp3) is 0.467. The topological polar surface area (TPSA) is 58.6 Å². The Hall–Kier alpha value is -2.11. The maximum atomic E-state index is 13.5. The largest absolute Gasteiger partial charge is 0.464 e. The van der Waals surface area contributed by atoms with Crippen molar-refractivity contribution in [2.75, 3.05) is 18.5 Å². The number of rotatable bonds is 1. The zero-order valence-electron chi connectivity index (χ0n) is 11.8. The van der Waals surface area contributed by atoms with Gasteiger partial charge < -0.3 is 15.0 Å². The lowest BCUT2D eigenvalue weighted by atomic mass is 9.95. The van der Waals surface area contributed by atoms with E-state index in [1.807, 2.05) is 0 Å². The van der Waals surface area contributed by atoms with E-state index in [1.165, 1.54) is 11.0 Å². The second-order valence-corrected chi connectivity index (χ2v) is 5.52. The first-order valence-electron chi connectivity index (χ1n) is 7.05. The molecule has 1 atom stereocenters. The number of carbonyl (C=O) groups is 2. The number of nitrogens with zero attached hydrogens (tertiary/aromatic N) is 1. The monoisotopic (exact) mass is 292 g/mol. The first-order chi connectivity index (χ1) is 10.0. The van der Waals surface area contributed by atoms with E-state index in [0.717, 1.165) is 6.42 Å². The molecule has 2 heterocycles. The summed E-state index contributed by atoms with van der Waals surface area (Å²) in [6.07, 6.45) is 1.92. The van der Waals surface area contributed by atoms with E-state index in [1.54, 1.807) is 19.1 Å². The molecule has 2 aliphatic rings. The number of amides is 2. The fourth-order valence-corrected chi connectivity index (χ4v) is 3.12. The van der Waals surface area contributed by atoms with Crippen molar-refractivity contribution in [3.05, 3.63) is 29.6 Å². The van der Waals surface area contributed by atoms with Gasteiger partial charge in [-0.3, -0.25) is 0 Å². The zero-order chi connectivity index (χ0) is 15.0. The molecule has 1 N–H and O–H groups in total. The van der Waals surface area contributed by atoms with Gasteiger partial charge in [0.25, 0.3) is 0 Å². The van der Waals surface area contributed by atoms with Gasteiger partial charge in [0.05, 0.1) is 6.61 Å². The first-order valence-corrected chi connectivity index (χ1v) is 7.05. The maximum absolute atomic E-state index is 13.5. The van der Waals surface area contributed by atoms with Crippen molar-refractivity contribution in [1.29, 1.82) is 0 Å². The average Bonchev–Trinajstić information content (AvgIpc) is 3.04. The Bertz CT molecular complexity index is 601. The van der Waals surface area contributed by atoms with Crippen LogP contribution in [-0.4, -0.2) is 35.6 Å². The number of esters is 1. The number of hydrogen-bond acceptors (Lipinski definition) is 3. The van der Waals surface area contributed by atoms with Gasteiger partial charge in [-0.1, -0.05) is 6.07 Å². The Balaban J connectivity index is 1.82. The molecule has 1 unspecified atom stereocenters. The second-order valence-electron chi connectivity index (χ2n) is 5.52. The van der Waals surface area contributed by atoms with Gasteiger partial charge in [-0.2, -0.15) is 0 Å². The number of carbonyl (C=O) groups excluding carboxylic acids is 2. The lowest BCUT2D eigenvalue weighted by Crippen LogP contribution is -2.52. The van der Waals surface area contributed by atoms with E-state index in [9.17, 15) is 14.0 Å². The Labute approximate surface area is 122 Å². The molecule has 2 amide bonds. The van der Waals surface area contributed by atoms with E-state index in [0.29, 0.717) is 37.2 Å². The minimum Gasteiger partial charge on any atom is -0.464 e. The number of hydrogen-bond donors (Lipinski definition) is 1.